The van der Waals surface area contributed by atoms with Crippen molar-refractivity contribution in [1.82, 2.24) is 9.88 Å². The number of amides is 1. The molecule has 0 spiro atoms. The maximum atomic E-state index is 13.0. The number of H-pyrrole nitrogens is 1. The summed E-state index contributed by atoms with van der Waals surface area (Å²) in [6, 6.07) is 14.7. The van der Waals surface area contributed by atoms with E-state index in [9.17, 15) is 9.59 Å². The molecule has 1 aromatic heterocycles. The van der Waals surface area contributed by atoms with Gasteiger partial charge in [-0.25, -0.2) is 0 Å². The first-order chi connectivity index (χ1) is 14.1. The Hall–Kier alpha value is -3.12. The Balaban J connectivity index is 1.49. The highest BCUT2D eigenvalue weighted by Gasteiger charge is 2.17. The zero-order valence-electron chi connectivity index (χ0n) is 16.5. The van der Waals surface area contributed by atoms with Crippen LogP contribution in [0.1, 0.15) is 28.8 Å². The number of hydrogen-bond donors (Lipinski definition) is 2. The van der Waals surface area contributed by atoms with Crippen LogP contribution < -0.4 is 15.6 Å². The van der Waals surface area contributed by atoms with E-state index in [1.807, 2.05) is 42.5 Å². The molecule has 0 bridgehead atoms. The molecule has 4 rings (SSSR count). The van der Waals surface area contributed by atoms with Gasteiger partial charge in [-0.15, -0.1) is 0 Å². The minimum Gasteiger partial charge on any atom is -0.492 e. The summed E-state index contributed by atoms with van der Waals surface area (Å²) in [5, 5.41) is 3.63. The second-order valence-electron chi connectivity index (χ2n) is 7.38. The van der Waals surface area contributed by atoms with Crippen LogP contribution in [0.5, 0.6) is 5.75 Å². The van der Waals surface area contributed by atoms with Gasteiger partial charge in [-0.2, -0.15) is 0 Å². The van der Waals surface area contributed by atoms with Gasteiger partial charge in [0.1, 0.15) is 12.4 Å². The van der Waals surface area contributed by atoms with Crippen molar-refractivity contribution < 1.29 is 9.53 Å². The number of nitrogens with zero attached hydrogens (tertiary/aromatic N) is 1. The average Bonchev–Trinajstić information content (AvgIpc) is 3.23. The van der Waals surface area contributed by atoms with Crippen LogP contribution in [0.3, 0.4) is 0 Å². The van der Waals surface area contributed by atoms with Crippen LogP contribution in [0.25, 0.3) is 10.9 Å². The first kappa shape index (κ1) is 19.2. The lowest BCUT2D eigenvalue weighted by molar-refractivity contribution is 0.102. The molecular weight excluding hydrogens is 366 g/mol. The highest BCUT2D eigenvalue weighted by Crippen LogP contribution is 2.22. The van der Waals surface area contributed by atoms with E-state index in [0.29, 0.717) is 28.9 Å². The number of rotatable bonds is 6. The largest absolute Gasteiger partial charge is 0.492 e. The van der Waals surface area contributed by atoms with E-state index in [0.717, 1.165) is 30.8 Å². The topological polar surface area (TPSA) is 74.4 Å². The van der Waals surface area contributed by atoms with Crippen molar-refractivity contribution in [2.75, 3.05) is 31.6 Å². The van der Waals surface area contributed by atoms with Crippen LogP contribution in [-0.4, -0.2) is 42.0 Å². The van der Waals surface area contributed by atoms with E-state index in [2.05, 4.69) is 15.2 Å². The quantitative estimate of drug-likeness (QED) is 0.674. The van der Waals surface area contributed by atoms with Gasteiger partial charge in [0.05, 0.1) is 5.56 Å². The number of aromatic amines is 1. The van der Waals surface area contributed by atoms with Crippen LogP contribution >= 0.6 is 0 Å². The number of pyridine rings is 1. The summed E-state index contributed by atoms with van der Waals surface area (Å²) < 4.78 is 5.86. The molecular formula is C23H25N3O3. The number of carbonyl (C=O) groups excluding carboxylic acids is 1. The number of fused-ring (bicyclic) bond motifs is 1. The SMILES string of the molecule is Cc1c(C(=O)Nc2cccc(OCCN3CCCC3)c2)c2ccccc2[nH]c1=O. The van der Waals surface area contributed by atoms with Crippen molar-refractivity contribution in [1.29, 1.82) is 0 Å². The highest BCUT2D eigenvalue weighted by molar-refractivity contribution is 6.13. The Morgan fingerprint density at radius 3 is 2.76 bits per heavy atom. The molecule has 1 aliphatic rings. The maximum absolute atomic E-state index is 13.0. The molecule has 1 amide bonds. The number of hydrogen-bond acceptors (Lipinski definition) is 4. The van der Waals surface area contributed by atoms with Crippen molar-refractivity contribution in [2.24, 2.45) is 0 Å². The Bertz CT molecular complexity index is 1080. The maximum Gasteiger partial charge on any atom is 0.256 e. The molecule has 6 heteroatoms. The second-order valence-corrected chi connectivity index (χ2v) is 7.38. The number of ether oxygens (including phenoxy) is 1. The van der Waals surface area contributed by atoms with E-state index < -0.39 is 0 Å². The fourth-order valence-corrected chi connectivity index (χ4v) is 3.79. The number of benzene rings is 2. The summed E-state index contributed by atoms with van der Waals surface area (Å²) >= 11 is 0. The minimum absolute atomic E-state index is 0.257. The zero-order chi connectivity index (χ0) is 20.2. The van der Waals surface area contributed by atoms with Gasteiger partial charge in [0.15, 0.2) is 0 Å². The van der Waals surface area contributed by atoms with Gasteiger partial charge >= 0.3 is 0 Å². The Morgan fingerprint density at radius 2 is 1.93 bits per heavy atom. The summed E-state index contributed by atoms with van der Waals surface area (Å²) in [6.07, 6.45) is 2.52. The van der Waals surface area contributed by atoms with Crippen LogP contribution in [0.15, 0.2) is 53.3 Å². The fourth-order valence-electron chi connectivity index (χ4n) is 3.79. The molecule has 1 saturated heterocycles. The van der Waals surface area contributed by atoms with E-state index >= 15 is 0 Å². The molecule has 2 heterocycles. The third-order valence-corrected chi connectivity index (χ3v) is 5.35. The molecule has 6 nitrogen and oxygen atoms in total. The molecule has 1 fully saturated rings. The number of para-hydroxylation sites is 1. The molecule has 29 heavy (non-hydrogen) atoms. The van der Waals surface area contributed by atoms with Crippen molar-refractivity contribution in [3.05, 3.63) is 70.0 Å². The first-order valence-corrected chi connectivity index (χ1v) is 10.00. The van der Waals surface area contributed by atoms with Crippen LogP contribution in [-0.2, 0) is 0 Å². The van der Waals surface area contributed by atoms with Gasteiger partial charge in [0.2, 0.25) is 0 Å². The molecule has 0 saturated carbocycles. The summed E-state index contributed by atoms with van der Waals surface area (Å²) in [7, 11) is 0. The standard InChI is InChI=1S/C23H25N3O3/c1-16-21(19-9-2-3-10-20(19)25-22(16)27)23(28)24-17-7-6-8-18(15-17)29-14-13-26-11-4-5-12-26/h2-3,6-10,15H,4-5,11-14H2,1H3,(H,24,28)(H,25,27). The number of likely N-dealkylation sites (tertiary alicyclic amines) is 1. The summed E-state index contributed by atoms with van der Waals surface area (Å²) in [6.45, 7) is 5.48. The van der Waals surface area contributed by atoms with Gasteiger partial charge in [0, 0.05) is 34.8 Å². The number of anilines is 1. The lowest BCUT2D eigenvalue weighted by Gasteiger charge is -2.15. The minimum atomic E-state index is -0.306. The van der Waals surface area contributed by atoms with Crippen LogP contribution in [0.2, 0.25) is 0 Å². The molecule has 2 N–H and O–H groups in total. The lowest BCUT2D eigenvalue weighted by Crippen LogP contribution is -2.25. The number of carbonyl (C=O) groups is 1. The summed E-state index contributed by atoms with van der Waals surface area (Å²) in [5.41, 5.74) is 1.82. The van der Waals surface area contributed by atoms with Crippen molar-refractivity contribution >= 4 is 22.5 Å². The van der Waals surface area contributed by atoms with Gasteiger partial charge < -0.3 is 15.0 Å². The summed E-state index contributed by atoms with van der Waals surface area (Å²) in [5.74, 6) is 0.411. The van der Waals surface area contributed by atoms with Gasteiger partial charge in [-0.1, -0.05) is 24.3 Å². The zero-order valence-corrected chi connectivity index (χ0v) is 16.5. The smallest absolute Gasteiger partial charge is 0.256 e. The Kier molecular flexibility index (Phi) is 5.62. The molecule has 1 aliphatic heterocycles. The number of aromatic nitrogens is 1. The molecule has 0 aliphatic carbocycles. The number of nitrogens with one attached hydrogen (secondary N) is 2. The Morgan fingerprint density at radius 1 is 1.14 bits per heavy atom. The third-order valence-electron chi connectivity index (χ3n) is 5.35. The van der Waals surface area contributed by atoms with Gasteiger partial charge in [0.25, 0.3) is 11.5 Å². The van der Waals surface area contributed by atoms with Gasteiger partial charge in [-0.3, -0.25) is 14.5 Å². The van der Waals surface area contributed by atoms with E-state index in [1.165, 1.54) is 12.8 Å². The van der Waals surface area contributed by atoms with E-state index in [1.54, 1.807) is 13.0 Å². The molecule has 3 aromatic rings. The first-order valence-electron chi connectivity index (χ1n) is 10.00. The van der Waals surface area contributed by atoms with Crippen LogP contribution in [0, 0.1) is 6.92 Å². The molecule has 0 radical (unpaired) electrons. The fraction of sp³-hybridized carbons (Fsp3) is 0.304. The third kappa shape index (κ3) is 4.32. The van der Waals surface area contributed by atoms with E-state index in [-0.39, 0.29) is 11.5 Å². The monoisotopic (exact) mass is 391 g/mol. The lowest BCUT2D eigenvalue weighted by atomic mass is 10.0. The van der Waals surface area contributed by atoms with Gasteiger partial charge in [-0.05, 0) is 51.1 Å². The van der Waals surface area contributed by atoms with Crippen molar-refractivity contribution in [2.45, 2.75) is 19.8 Å². The second kappa shape index (κ2) is 8.49. The normalized spacial score (nSPS) is 14.2. The highest BCUT2D eigenvalue weighted by atomic mass is 16.5. The Labute approximate surface area is 169 Å². The van der Waals surface area contributed by atoms with E-state index in [4.69, 9.17) is 4.74 Å². The molecule has 0 atom stereocenters. The molecule has 150 valence electrons. The predicted molar refractivity (Wildman–Crippen MR) is 115 cm³/mol. The summed E-state index contributed by atoms with van der Waals surface area (Å²) in [4.78, 5) is 30.4. The average molecular weight is 391 g/mol. The van der Waals surface area contributed by atoms with Crippen LogP contribution in [0.4, 0.5) is 5.69 Å². The molecule has 0 unspecified atom stereocenters. The van der Waals surface area contributed by atoms with Crippen molar-refractivity contribution in [3.63, 3.8) is 0 Å². The molecule has 2 aromatic carbocycles. The predicted octanol–water partition coefficient (Wildman–Crippen LogP) is 3.56. The van der Waals surface area contributed by atoms with Crippen molar-refractivity contribution in [3.8, 4) is 5.75 Å².